The summed E-state index contributed by atoms with van der Waals surface area (Å²) in [6.07, 6.45) is 9.74. The van der Waals surface area contributed by atoms with Crippen molar-refractivity contribution in [3.05, 3.63) is 12.3 Å². The minimum absolute atomic E-state index is 0.623. The molecule has 0 bridgehead atoms. The van der Waals surface area contributed by atoms with Gasteiger partial charge in [-0.15, -0.1) is 0 Å². The zero-order valence-corrected chi connectivity index (χ0v) is 15.4. The van der Waals surface area contributed by atoms with E-state index >= 15 is 0 Å². The van der Waals surface area contributed by atoms with E-state index in [0.29, 0.717) is 6.04 Å². The highest BCUT2D eigenvalue weighted by Crippen LogP contribution is 2.20. The summed E-state index contributed by atoms with van der Waals surface area (Å²) in [4.78, 5) is 14.2. The smallest absolute Gasteiger partial charge is 0.224 e. The third-order valence-electron chi connectivity index (χ3n) is 5.17. The highest BCUT2D eigenvalue weighted by atomic mass is 15.2. The lowest BCUT2D eigenvalue weighted by atomic mass is 10.1. The van der Waals surface area contributed by atoms with Crippen LogP contribution >= 0.6 is 0 Å². The van der Waals surface area contributed by atoms with Crippen molar-refractivity contribution in [1.29, 1.82) is 0 Å². The highest BCUT2D eigenvalue weighted by molar-refractivity contribution is 5.42. The van der Waals surface area contributed by atoms with Crippen molar-refractivity contribution < 1.29 is 0 Å². The largest absolute Gasteiger partial charge is 0.356 e. The van der Waals surface area contributed by atoms with Crippen LogP contribution in [0.15, 0.2) is 12.3 Å². The summed E-state index contributed by atoms with van der Waals surface area (Å²) in [5, 5.41) is 3.49. The molecule has 1 aromatic rings. The molecule has 134 valence electrons. The van der Waals surface area contributed by atoms with E-state index in [4.69, 9.17) is 4.98 Å². The van der Waals surface area contributed by atoms with Gasteiger partial charge in [-0.25, -0.2) is 4.98 Å². The monoisotopic (exact) mass is 331 g/mol. The predicted molar refractivity (Wildman–Crippen MR) is 101 cm³/mol. The van der Waals surface area contributed by atoms with Gasteiger partial charge >= 0.3 is 0 Å². The van der Waals surface area contributed by atoms with E-state index in [-0.39, 0.29) is 0 Å². The van der Waals surface area contributed by atoms with Crippen LogP contribution in [-0.4, -0.2) is 53.6 Å². The van der Waals surface area contributed by atoms with E-state index in [2.05, 4.69) is 40.0 Å². The Hall–Kier alpha value is -1.36. The number of hydrogen-bond acceptors (Lipinski definition) is 5. The maximum atomic E-state index is 4.77. The molecule has 0 aromatic carbocycles. The lowest BCUT2D eigenvalue weighted by Crippen LogP contribution is -2.37. The molecule has 2 aliphatic heterocycles. The highest BCUT2D eigenvalue weighted by Gasteiger charge is 2.24. The molecular weight excluding hydrogens is 298 g/mol. The van der Waals surface area contributed by atoms with Crippen LogP contribution in [0.2, 0.25) is 0 Å². The van der Waals surface area contributed by atoms with Crippen molar-refractivity contribution in [2.45, 2.75) is 58.4 Å². The Kier molecular flexibility index (Phi) is 6.30. The molecule has 0 radical (unpaired) electrons. The van der Waals surface area contributed by atoms with Gasteiger partial charge in [-0.3, -0.25) is 4.90 Å². The van der Waals surface area contributed by atoms with Crippen LogP contribution in [0.3, 0.4) is 0 Å². The summed E-state index contributed by atoms with van der Waals surface area (Å²) in [5.41, 5.74) is 0. The molecule has 3 rings (SSSR count). The second-order valence-electron chi connectivity index (χ2n) is 7.71. The fourth-order valence-corrected chi connectivity index (χ4v) is 3.96. The minimum atomic E-state index is 0.623. The predicted octanol–water partition coefficient (Wildman–Crippen LogP) is 3.39. The second kappa shape index (κ2) is 8.65. The van der Waals surface area contributed by atoms with E-state index in [1.807, 2.05) is 6.20 Å². The maximum Gasteiger partial charge on any atom is 0.224 e. The molecule has 2 fully saturated rings. The van der Waals surface area contributed by atoms with Gasteiger partial charge in [-0.2, -0.15) is 4.98 Å². The van der Waals surface area contributed by atoms with Gasteiger partial charge in [0.05, 0.1) is 0 Å². The van der Waals surface area contributed by atoms with E-state index in [0.717, 1.165) is 37.3 Å². The molecule has 1 unspecified atom stereocenters. The molecule has 1 aromatic heterocycles. The average molecular weight is 332 g/mol. The zero-order chi connectivity index (χ0) is 16.8. The Morgan fingerprint density at radius 3 is 2.67 bits per heavy atom. The van der Waals surface area contributed by atoms with E-state index in [9.17, 15) is 0 Å². The number of aromatic nitrogens is 2. The first-order valence-corrected chi connectivity index (χ1v) is 9.78. The van der Waals surface area contributed by atoms with E-state index < -0.39 is 0 Å². The Labute approximate surface area is 146 Å². The van der Waals surface area contributed by atoms with Gasteiger partial charge in [0.25, 0.3) is 0 Å². The number of nitrogens with zero attached hydrogens (tertiary/aromatic N) is 4. The molecule has 3 heterocycles. The molecule has 1 atom stereocenters. The quantitative estimate of drug-likeness (QED) is 0.865. The van der Waals surface area contributed by atoms with Crippen molar-refractivity contribution in [3.63, 3.8) is 0 Å². The first-order chi connectivity index (χ1) is 11.7. The number of likely N-dealkylation sites (tertiary alicyclic amines) is 1. The maximum absolute atomic E-state index is 4.77. The molecule has 0 aliphatic carbocycles. The summed E-state index contributed by atoms with van der Waals surface area (Å²) in [5.74, 6) is 2.60. The van der Waals surface area contributed by atoms with Gasteiger partial charge in [0.2, 0.25) is 5.95 Å². The molecule has 0 saturated carbocycles. The molecule has 24 heavy (non-hydrogen) atoms. The van der Waals surface area contributed by atoms with Crippen LogP contribution in [0.4, 0.5) is 11.8 Å². The van der Waals surface area contributed by atoms with Crippen molar-refractivity contribution in [2.24, 2.45) is 5.92 Å². The topological polar surface area (TPSA) is 44.3 Å². The first kappa shape index (κ1) is 17.5. The van der Waals surface area contributed by atoms with Gasteiger partial charge < -0.3 is 10.2 Å². The Morgan fingerprint density at radius 1 is 1.12 bits per heavy atom. The van der Waals surface area contributed by atoms with Gasteiger partial charge in [0.15, 0.2) is 0 Å². The van der Waals surface area contributed by atoms with Crippen LogP contribution in [0.1, 0.15) is 52.4 Å². The summed E-state index contributed by atoms with van der Waals surface area (Å²) in [6.45, 7) is 10.2. The molecule has 0 spiro atoms. The van der Waals surface area contributed by atoms with Crippen LogP contribution in [0.25, 0.3) is 0 Å². The number of anilines is 2. The second-order valence-corrected chi connectivity index (χ2v) is 7.71. The van der Waals surface area contributed by atoms with Crippen molar-refractivity contribution in [2.75, 3.05) is 42.9 Å². The summed E-state index contributed by atoms with van der Waals surface area (Å²) >= 11 is 0. The van der Waals surface area contributed by atoms with Crippen LogP contribution in [0, 0.1) is 5.92 Å². The zero-order valence-electron chi connectivity index (χ0n) is 15.4. The van der Waals surface area contributed by atoms with Crippen molar-refractivity contribution in [3.8, 4) is 0 Å². The number of hydrogen-bond donors (Lipinski definition) is 1. The molecule has 2 saturated heterocycles. The van der Waals surface area contributed by atoms with Gasteiger partial charge in [0.1, 0.15) is 5.82 Å². The van der Waals surface area contributed by atoms with E-state index in [1.54, 1.807) is 0 Å². The molecule has 2 aliphatic rings. The minimum Gasteiger partial charge on any atom is -0.356 e. The molecule has 5 heteroatoms. The fraction of sp³-hybridized carbons (Fsp3) is 0.789. The molecule has 1 N–H and O–H groups in total. The van der Waals surface area contributed by atoms with Crippen LogP contribution in [-0.2, 0) is 0 Å². The molecule has 0 amide bonds. The van der Waals surface area contributed by atoms with Crippen molar-refractivity contribution >= 4 is 11.8 Å². The number of nitrogens with one attached hydrogen (secondary N) is 1. The van der Waals surface area contributed by atoms with Gasteiger partial charge in [0, 0.05) is 38.4 Å². The summed E-state index contributed by atoms with van der Waals surface area (Å²) < 4.78 is 0. The normalized spacial score (nSPS) is 22.8. The van der Waals surface area contributed by atoms with Crippen molar-refractivity contribution in [1.82, 2.24) is 14.9 Å². The Bertz CT molecular complexity index is 496. The standard InChI is InChI=1S/C19H33N5/c1-16(2)15-24-13-7-8-17(24)14-21-19-20-10-9-18(22-19)23-11-5-3-4-6-12-23/h9-10,16-17H,3-8,11-15H2,1-2H3,(H,20,21,22). The summed E-state index contributed by atoms with van der Waals surface area (Å²) in [6, 6.07) is 2.68. The Morgan fingerprint density at radius 2 is 1.92 bits per heavy atom. The van der Waals surface area contributed by atoms with Gasteiger partial charge in [-0.05, 0) is 44.2 Å². The molecule has 5 nitrogen and oxygen atoms in total. The van der Waals surface area contributed by atoms with Gasteiger partial charge in [-0.1, -0.05) is 26.7 Å². The SMILES string of the molecule is CC(C)CN1CCCC1CNc1nccc(N2CCCCCC2)n1. The van der Waals surface area contributed by atoms with Crippen LogP contribution < -0.4 is 10.2 Å². The number of rotatable bonds is 6. The fourth-order valence-electron chi connectivity index (χ4n) is 3.96. The average Bonchev–Trinajstić information content (AvgIpc) is 2.84. The first-order valence-electron chi connectivity index (χ1n) is 9.78. The summed E-state index contributed by atoms with van der Waals surface area (Å²) in [7, 11) is 0. The lowest BCUT2D eigenvalue weighted by molar-refractivity contribution is 0.234. The Balaban J connectivity index is 1.56. The third kappa shape index (κ3) is 4.82. The third-order valence-corrected chi connectivity index (χ3v) is 5.17. The van der Waals surface area contributed by atoms with E-state index in [1.165, 1.54) is 51.6 Å². The van der Waals surface area contributed by atoms with Crippen LogP contribution in [0.5, 0.6) is 0 Å². The lowest BCUT2D eigenvalue weighted by Gasteiger charge is -2.26. The molecular formula is C19H33N5.